The minimum absolute atomic E-state index is 0.126. The number of likely N-dealkylation sites (N-methyl/N-ethyl adjacent to an activating group) is 1. The number of allylic oxidation sites excluding steroid dienone is 1. The van der Waals surface area contributed by atoms with Crippen molar-refractivity contribution in [1.82, 2.24) is 4.90 Å². The lowest BCUT2D eigenvalue weighted by Gasteiger charge is -2.56. The molecule has 0 aromatic heterocycles. The summed E-state index contributed by atoms with van der Waals surface area (Å²) in [5, 5.41) is 33.9. The molecule has 2 fully saturated rings. The van der Waals surface area contributed by atoms with Crippen LogP contribution in [0.25, 0.3) is 6.08 Å². The number of aliphatic hydroxyl groups excluding tert-OH is 1. The van der Waals surface area contributed by atoms with Gasteiger partial charge in [0.2, 0.25) is 5.91 Å². The van der Waals surface area contributed by atoms with E-state index < -0.39 is 82.1 Å². The number of amides is 1. The van der Waals surface area contributed by atoms with Crippen molar-refractivity contribution in [2.24, 2.45) is 29.4 Å². The molecule has 11 nitrogen and oxygen atoms in total. The second kappa shape index (κ2) is 8.54. The molecule has 11 heteroatoms. The van der Waals surface area contributed by atoms with Gasteiger partial charge in [-0.15, -0.1) is 0 Å². The number of carbonyl (C=O) groups excluding carboxylic acids is 6. The molecular formula is C25H26N2O9. The van der Waals surface area contributed by atoms with Crippen LogP contribution in [0.3, 0.4) is 0 Å². The number of fused-ring (bicyclic) bond motifs is 3. The van der Waals surface area contributed by atoms with Crippen LogP contribution in [0.5, 0.6) is 5.75 Å². The van der Waals surface area contributed by atoms with Gasteiger partial charge in [-0.05, 0) is 37.7 Å². The molecule has 8 atom stereocenters. The molecule has 190 valence electrons. The van der Waals surface area contributed by atoms with Crippen LogP contribution in [0.4, 0.5) is 0 Å². The molecule has 1 aromatic rings. The highest BCUT2D eigenvalue weighted by Crippen LogP contribution is 2.54. The lowest BCUT2D eigenvalue weighted by Crippen LogP contribution is -2.77. The second-order valence-electron chi connectivity index (χ2n) is 9.83. The molecule has 0 bridgehead atoms. The fourth-order valence-electron chi connectivity index (χ4n) is 6.28. The third-order valence-corrected chi connectivity index (χ3v) is 7.88. The number of nitrogens with zero attached hydrogens (tertiary/aromatic N) is 1. The molecule has 1 amide bonds. The summed E-state index contributed by atoms with van der Waals surface area (Å²) in [7, 11) is 2.86. The van der Waals surface area contributed by atoms with E-state index >= 15 is 0 Å². The van der Waals surface area contributed by atoms with Crippen LogP contribution in [0.15, 0.2) is 18.2 Å². The maximum atomic E-state index is 13.8. The third kappa shape index (κ3) is 3.16. The molecule has 5 N–H and O–H groups in total. The summed E-state index contributed by atoms with van der Waals surface area (Å²) >= 11 is 0. The summed E-state index contributed by atoms with van der Waals surface area (Å²) in [4.78, 5) is 77.9. The minimum atomic E-state index is -3.04. The van der Waals surface area contributed by atoms with Gasteiger partial charge >= 0.3 is 0 Å². The number of Topliss-reactive ketones (excluding diaryl/α,β-unsaturated/α-hetero) is 4. The van der Waals surface area contributed by atoms with Crippen molar-refractivity contribution in [3.05, 3.63) is 34.9 Å². The van der Waals surface area contributed by atoms with Gasteiger partial charge in [0.05, 0.1) is 29.5 Å². The first kappa shape index (κ1) is 25.5. The number of carbonyl (C=O) groups is 6. The van der Waals surface area contributed by atoms with Crippen molar-refractivity contribution in [2.45, 2.75) is 30.6 Å². The summed E-state index contributed by atoms with van der Waals surface area (Å²) in [5.74, 6) is -13.8. The normalized spacial score (nSPS) is 36.0. The van der Waals surface area contributed by atoms with Crippen LogP contribution in [0, 0.1) is 23.7 Å². The number of nitrogens with two attached hydrogens (primary N) is 1. The molecule has 2 unspecified atom stereocenters. The molecule has 0 saturated heterocycles. The van der Waals surface area contributed by atoms with Crippen molar-refractivity contribution in [3.63, 3.8) is 0 Å². The van der Waals surface area contributed by atoms with E-state index in [1.807, 2.05) is 0 Å². The first-order valence-corrected chi connectivity index (χ1v) is 11.3. The number of benzene rings is 1. The monoisotopic (exact) mass is 498 g/mol. The molecule has 3 aliphatic carbocycles. The van der Waals surface area contributed by atoms with E-state index in [1.165, 1.54) is 37.2 Å². The Labute approximate surface area is 205 Å². The Balaban J connectivity index is 1.94. The largest absolute Gasteiger partial charge is 0.507 e. The van der Waals surface area contributed by atoms with Gasteiger partial charge in [0.1, 0.15) is 12.0 Å². The highest BCUT2D eigenvalue weighted by Gasteiger charge is 2.72. The minimum Gasteiger partial charge on any atom is -0.507 e. The van der Waals surface area contributed by atoms with E-state index in [-0.39, 0.29) is 11.1 Å². The number of aliphatic hydroxyl groups is 2. The van der Waals surface area contributed by atoms with Crippen molar-refractivity contribution in [2.75, 3.05) is 14.1 Å². The number of hydrogen-bond acceptors (Lipinski definition) is 10. The number of aromatic hydroxyl groups is 1. The van der Waals surface area contributed by atoms with Gasteiger partial charge in [0.25, 0.3) is 0 Å². The molecule has 36 heavy (non-hydrogen) atoms. The Bertz CT molecular complexity index is 1250. The summed E-state index contributed by atoms with van der Waals surface area (Å²) in [6.07, 6.45) is 1.16. The Hall–Kier alpha value is -3.54. The van der Waals surface area contributed by atoms with Crippen LogP contribution >= 0.6 is 0 Å². The van der Waals surface area contributed by atoms with Crippen molar-refractivity contribution in [3.8, 4) is 5.75 Å². The third-order valence-electron chi connectivity index (χ3n) is 7.88. The molecular weight excluding hydrogens is 472 g/mol. The van der Waals surface area contributed by atoms with Crippen LogP contribution in [-0.4, -0.2) is 87.4 Å². The molecule has 0 aliphatic heterocycles. The molecule has 1 aromatic carbocycles. The Kier molecular flexibility index (Phi) is 6.06. The van der Waals surface area contributed by atoms with Crippen LogP contribution in [0.2, 0.25) is 0 Å². The van der Waals surface area contributed by atoms with E-state index in [1.54, 1.807) is 6.92 Å². The Morgan fingerprint density at radius 2 is 1.78 bits per heavy atom. The average molecular weight is 498 g/mol. The highest BCUT2D eigenvalue weighted by molar-refractivity contribution is 6.32. The van der Waals surface area contributed by atoms with Gasteiger partial charge in [-0.3, -0.25) is 33.7 Å². The first-order chi connectivity index (χ1) is 16.8. The fourth-order valence-corrected chi connectivity index (χ4v) is 6.28. The standard InChI is InChI=1S/C25H26N2O9/c1-9-11-7-6-10(5-4-8-28)18(29)13(11)19(30)14-12(9)20(31)16-17(27(2)3)21(32)15(24(26)35)23(34)25(16,36)22(14)33/h4-9,12,14-17,20,29,31,36H,1-3H3,(H2,26,35)/t9-,12+,14?,15?,16+,17-,20-,25-/m0/s1. The molecule has 2 saturated carbocycles. The number of hydrogen-bond donors (Lipinski definition) is 4. The molecule has 4 rings (SSSR count). The number of phenolic OH excluding ortho intramolecular Hbond substituents is 1. The summed E-state index contributed by atoms with van der Waals surface area (Å²) in [5.41, 5.74) is 2.46. The summed E-state index contributed by atoms with van der Waals surface area (Å²) in [6, 6.07) is 1.58. The molecule has 0 spiro atoms. The molecule has 3 aliphatic rings. The van der Waals surface area contributed by atoms with E-state index in [0.29, 0.717) is 11.8 Å². The summed E-state index contributed by atoms with van der Waals surface area (Å²) in [6.45, 7) is 1.62. The van der Waals surface area contributed by atoms with Gasteiger partial charge in [-0.25, -0.2) is 0 Å². The van der Waals surface area contributed by atoms with E-state index in [4.69, 9.17) is 5.73 Å². The Morgan fingerprint density at radius 1 is 1.14 bits per heavy atom. The predicted octanol–water partition coefficient (Wildman–Crippen LogP) is -1.39. The van der Waals surface area contributed by atoms with Crippen LogP contribution in [0.1, 0.15) is 34.3 Å². The lowest BCUT2D eigenvalue weighted by atomic mass is 9.49. The van der Waals surface area contributed by atoms with Gasteiger partial charge in [0.15, 0.2) is 34.7 Å². The smallest absolute Gasteiger partial charge is 0.235 e. The maximum absolute atomic E-state index is 13.8. The van der Waals surface area contributed by atoms with Gasteiger partial charge in [-0.2, -0.15) is 0 Å². The topological polar surface area (TPSA) is 192 Å². The summed E-state index contributed by atoms with van der Waals surface area (Å²) < 4.78 is 0. The quantitative estimate of drug-likeness (QED) is 0.218. The zero-order valence-electron chi connectivity index (χ0n) is 19.7. The van der Waals surface area contributed by atoms with E-state index in [2.05, 4.69) is 0 Å². The number of rotatable bonds is 4. The maximum Gasteiger partial charge on any atom is 0.235 e. The lowest BCUT2D eigenvalue weighted by molar-refractivity contribution is -0.196. The number of ketones is 4. The number of aldehydes is 1. The van der Waals surface area contributed by atoms with Gasteiger partial charge < -0.3 is 21.1 Å². The highest BCUT2D eigenvalue weighted by atomic mass is 16.3. The second-order valence-corrected chi connectivity index (χ2v) is 9.83. The van der Waals surface area contributed by atoms with Gasteiger partial charge in [0, 0.05) is 11.5 Å². The Morgan fingerprint density at radius 3 is 2.33 bits per heavy atom. The predicted molar refractivity (Wildman–Crippen MR) is 123 cm³/mol. The SMILES string of the molecule is C[C@H]1c2ccc(C=CC=O)c(O)c2C(=O)C2C(=O)[C@]3(O)C(=O)C(C(N)=O)C(=O)[C@@H](N(C)C)[C@@H]3[C@@H](O)[C@@H]21. The van der Waals surface area contributed by atoms with Gasteiger partial charge in [-0.1, -0.05) is 19.1 Å². The van der Waals surface area contributed by atoms with E-state index in [9.17, 15) is 44.1 Å². The van der Waals surface area contributed by atoms with Crippen LogP contribution < -0.4 is 5.73 Å². The van der Waals surface area contributed by atoms with Crippen LogP contribution in [-0.2, 0) is 24.0 Å². The first-order valence-electron chi connectivity index (χ1n) is 11.3. The molecule has 0 heterocycles. The number of primary amides is 1. The molecule has 0 radical (unpaired) electrons. The van der Waals surface area contributed by atoms with Crippen molar-refractivity contribution >= 4 is 41.4 Å². The van der Waals surface area contributed by atoms with E-state index in [0.717, 1.165) is 6.08 Å². The fraction of sp³-hybridized carbons (Fsp3) is 0.440. The zero-order chi connectivity index (χ0) is 26.9. The number of phenols is 1. The zero-order valence-corrected chi connectivity index (χ0v) is 19.7. The van der Waals surface area contributed by atoms with Crippen molar-refractivity contribution < 1.29 is 44.1 Å². The average Bonchev–Trinajstić information content (AvgIpc) is 2.80. The van der Waals surface area contributed by atoms with Crippen molar-refractivity contribution in [1.29, 1.82) is 0 Å².